The molecule has 4 rings (SSSR count). The lowest BCUT2D eigenvalue weighted by molar-refractivity contribution is 0.0709. The summed E-state index contributed by atoms with van der Waals surface area (Å²) in [6.45, 7) is 1.65. The predicted molar refractivity (Wildman–Crippen MR) is 99.8 cm³/mol. The van der Waals surface area contributed by atoms with Crippen LogP contribution < -0.4 is 0 Å². The van der Waals surface area contributed by atoms with Crippen molar-refractivity contribution >= 4 is 17.5 Å². The quantitative estimate of drug-likeness (QED) is 0.653. The first-order chi connectivity index (χ1) is 12.2. The molecule has 3 aromatic rings. The molecule has 0 aliphatic carbocycles. The molecule has 2 aromatic carbocycles. The second kappa shape index (κ2) is 6.77. The van der Waals surface area contributed by atoms with E-state index in [1.165, 1.54) is 0 Å². The third-order valence-corrected chi connectivity index (χ3v) is 4.97. The smallest absolute Gasteiger partial charge is 0.254 e. The van der Waals surface area contributed by atoms with E-state index in [9.17, 15) is 4.79 Å². The Hall–Kier alpha value is -2.52. The average molecular weight is 351 g/mol. The van der Waals surface area contributed by atoms with E-state index in [-0.39, 0.29) is 11.9 Å². The fourth-order valence-electron chi connectivity index (χ4n) is 3.54. The molecule has 1 aliphatic heterocycles. The first-order valence-corrected chi connectivity index (χ1v) is 8.88. The Labute approximate surface area is 152 Å². The third-order valence-electron chi connectivity index (χ3n) is 4.72. The number of benzene rings is 2. The van der Waals surface area contributed by atoms with E-state index in [0.717, 1.165) is 30.8 Å². The highest BCUT2D eigenvalue weighted by Gasteiger charge is 2.31. The fourth-order valence-corrected chi connectivity index (χ4v) is 3.67. The van der Waals surface area contributed by atoms with Gasteiger partial charge in [-0.2, -0.15) is 0 Å². The van der Waals surface area contributed by atoms with Gasteiger partial charge in [0.2, 0.25) is 0 Å². The second-order valence-electron chi connectivity index (χ2n) is 6.30. The molecule has 1 aliphatic rings. The molecule has 1 atom stereocenters. The Balaban J connectivity index is 1.79. The standard InChI is InChI=1S/C21H19ClN2O/c22-18-11-9-17(10-12-18)21(25)24-15-5-14-23-13-4-8-19(23)20(24)16-6-2-1-3-7-16/h1-4,6-13,20H,5,14-15H2/t20-/m1/s1. The van der Waals surface area contributed by atoms with Crippen LogP contribution in [0.25, 0.3) is 0 Å². The van der Waals surface area contributed by atoms with Crippen LogP contribution in [0.15, 0.2) is 72.9 Å². The largest absolute Gasteiger partial charge is 0.349 e. The SMILES string of the molecule is O=C(c1ccc(Cl)cc1)N1CCCn2cccc2[C@H]1c1ccccc1. The molecule has 2 heterocycles. The molecule has 0 bridgehead atoms. The fraction of sp³-hybridized carbons (Fsp3) is 0.190. The predicted octanol–water partition coefficient (Wildman–Crippen LogP) is 4.78. The van der Waals surface area contributed by atoms with Gasteiger partial charge in [0.05, 0.1) is 6.04 Å². The summed E-state index contributed by atoms with van der Waals surface area (Å²) < 4.78 is 2.26. The highest BCUT2D eigenvalue weighted by Crippen LogP contribution is 2.33. The van der Waals surface area contributed by atoms with Gasteiger partial charge in [-0.15, -0.1) is 0 Å². The van der Waals surface area contributed by atoms with Crippen LogP contribution in [0.5, 0.6) is 0 Å². The summed E-state index contributed by atoms with van der Waals surface area (Å²) in [6.07, 6.45) is 3.03. The summed E-state index contributed by atoms with van der Waals surface area (Å²) in [5.74, 6) is 0.0418. The molecule has 1 aromatic heterocycles. The molecule has 0 saturated carbocycles. The van der Waals surface area contributed by atoms with Gasteiger partial charge in [-0.3, -0.25) is 4.79 Å². The van der Waals surface area contributed by atoms with Crippen LogP contribution in [-0.4, -0.2) is 21.9 Å². The number of amides is 1. The van der Waals surface area contributed by atoms with Crippen LogP contribution in [0.1, 0.15) is 34.1 Å². The summed E-state index contributed by atoms with van der Waals surface area (Å²) >= 11 is 5.98. The lowest BCUT2D eigenvalue weighted by atomic mass is 10.0. The van der Waals surface area contributed by atoms with E-state index in [2.05, 4.69) is 35.0 Å². The van der Waals surface area contributed by atoms with E-state index in [1.807, 2.05) is 23.1 Å². The number of aromatic nitrogens is 1. The van der Waals surface area contributed by atoms with Gasteiger partial charge in [-0.1, -0.05) is 41.9 Å². The van der Waals surface area contributed by atoms with Gasteiger partial charge in [0.15, 0.2) is 0 Å². The molecule has 0 spiro atoms. The number of carbonyl (C=O) groups is 1. The highest BCUT2D eigenvalue weighted by molar-refractivity contribution is 6.30. The summed E-state index contributed by atoms with van der Waals surface area (Å²) in [5, 5.41) is 0.640. The molecule has 0 N–H and O–H groups in total. The maximum absolute atomic E-state index is 13.3. The normalized spacial score (nSPS) is 17.0. The first-order valence-electron chi connectivity index (χ1n) is 8.50. The van der Waals surface area contributed by atoms with Crippen LogP contribution in [0.4, 0.5) is 0 Å². The Bertz CT molecular complexity index is 870. The van der Waals surface area contributed by atoms with E-state index in [4.69, 9.17) is 11.6 Å². The van der Waals surface area contributed by atoms with E-state index >= 15 is 0 Å². The maximum Gasteiger partial charge on any atom is 0.254 e. The topological polar surface area (TPSA) is 25.2 Å². The molecular formula is C21H19ClN2O. The lowest BCUT2D eigenvalue weighted by Crippen LogP contribution is -2.35. The minimum absolute atomic E-state index is 0.0418. The van der Waals surface area contributed by atoms with Crippen molar-refractivity contribution in [2.24, 2.45) is 0 Å². The number of rotatable bonds is 2. The Morgan fingerprint density at radius 2 is 1.68 bits per heavy atom. The van der Waals surface area contributed by atoms with Crippen LogP contribution in [-0.2, 0) is 6.54 Å². The van der Waals surface area contributed by atoms with Crippen molar-refractivity contribution in [2.45, 2.75) is 19.0 Å². The summed E-state index contributed by atoms with van der Waals surface area (Å²) in [6, 6.07) is 21.5. The van der Waals surface area contributed by atoms with E-state index < -0.39 is 0 Å². The third kappa shape index (κ3) is 3.08. The Kier molecular flexibility index (Phi) is 4.33. The molecule has 1 amide bonds. The van der Waals surface area contributed by atoms with Crippen LogP contribution >= 0.6 is 11.6 Å². The van der Waals surface area contributed by atoms with Crippen molar-refractivity contribution in [3.8, 4) is 0 Å². The molecule has 25 heavy (non-hydrogen) atoms. The van der Waals surface area contributed by atoms with Gasteiger partial charge >= 0.3 is 0 Å². The molecule has 0 fully saturated rings. The zero-order valence-corrected chi connectivity index (χ0v) is 14.6. The van der Waals surface area contributed by atoms with Gasteiger partial charge in [0.1, 0.15) is 0 Å². The molecular weight excluding hydrogens is 332 g/mol. The summed E-state index contributed by atoms with van der Waals surface area (Å²) in [7, 11) is 0. The minimum Gasteiger partial charge on any atom is -0.349 e. The van der Waals surface area contributed by atoms with Crippen molar-refractivity contribution in [3.63, 3.8) is 0 Å². The van der Waals surface area contributed by atoms with Crippen molar-refractivity contribution in [2.75, 3.05) is 6.54 Å². The lowest BCUT2D eigenvalue weighted by Gasteiger charge is -2.31. The van der Waals surface area contributed by atoms with E-state index in [1.54, 1.807) is 24.3 Å². The number of aryl methyl sites for hydroxylation is 1. The zero-order chi connectivity index (χ0) is 17.2. The van der Waals surface area contributed by atoms with Gasteiger partial charge in [-0.05, 0) is 48.4 Å². The first kappa shape index (κ1) is 16.0. The number of nitrogens with zero attached hydrogens (tertiary/aromatic N) is 2. The number of hydrogen-bond donors (Lipinski definition) is 0. The number of hydrogen-bond acceptors (Lipinski definition) is 1. The number of fused-ring (bicyclic) bond motifs is 1. The van der Waals surface area contributed by atoms with Gasteiger partial charge in [-0.25, -0.2) is 0 Å². The van der Waals surface area contributed by atoms with Crippen molar-refractivity contribution < 1.29 is 4.79 Å². The van der Waals surface area contributed by atoms with Crippen molar-refractivity contribution in [3.05, 3.63) is 94.8 Å². The number of halogens is 1. The Morgan fingerprint density at radius 1 is 0.920 bits per heavy atom. The van der Waals surface area contributed by atoms with Gasteiger partial charge in [0, 0.05) is 35.6 Å². The monoisotopic (exact) mass is 350 g/mol. The van der Waals surface area contributed by atoms with E-state index in [0.29, 0.717) is 10.6 Å². The average Bonchev–Trinajstić information content (AvgIpc) is 3.02. The van der Waals surface area contributed by atoms with Crippen LogP contribution in [0.2, 0.25) is 5.02 Å². The molecule has 4 heteroatoms. The highest BCUT2D eigenvalue weighted by atomic mass is 35.5. The van der Waals surface area contributed by atoms with Gasteiger partial charge < -0.3 is 9.47 Å². The Morgan fingerprint density at radius 3 is 2.44 bits per heavy atom. The van der Waals surface area contributed by atoms with Crippen molar-refractivity contribution in [1.82, 2.24) is 9.47 Å². The molecule has 0 saturated heterocycles. The summed E-state index contributed by atoms with van der Waals surface area (Å²) in [4.78, 5) is 15.2. The molecule has 3 nitrogen and oxygen atoms in total. The maximum atomic E-state index is 13.3. The van der Waals surface area contributed by atoms with Crippen molar-refractivity contribution in [1.29, 1.82) is 0 Å². The molecule has 0 unspecified atom stereocenters. The van der Waals surface area contributed by atoms with Gasteiger partial charge in [0.25, 0.3) is 5.91 Å². The zero-order valence-electron chi connectivity index (χ0n) is 13.8. The second-order valence-corrected chi connectivity index (χ2v) is 6.74. The number of carbonyl (C=O) groups excluding carboxylic acids is 1. The summed E-state index contributed by atoms with van der Waals surface area (Å²) in [5.41, 5.74) is 2.96. The van der Waals surface area contributed by atoms with Crippen LogP contribution in [0.3, 0.4) is 0 Å². The molecule has 0 radical (unpaired) electrons. The van der Waals surface area contributed by atoms with Crippen LogP contribution in [0, 0.1) is 0 Å². The molecule has 126 valence electrons. The minimum atomic E-state index is -0.0816.